The second-order valence-electron chi connectivity index (χ2n) is 7.73. The number of benzene rings is 1. The maximum absolute atomic E-state index is 9.93. The fourth-order valence-electron chi connectivity index (χ4n) is 5.70. The molecule has 3 fully saturated rings. The van der Waals surface area contributed by atoms with E-state index in [1.165, 1.54) is 48.0 Å². The van der Waals surface area contributed by atoms with Crippen molar-refractivity contribution >= 4 is 33.5 Å². The van der Waals surface area contributed by atoms with Crippen molar-refractivity contribution in [2.75, 3.05) is 13.1 Å². The topological polar surface area (TPSA) is 39.3 Å². The lowest BCUT2D eigenvalue weighted by molar-refractivity contribution is -0.0197. The van der Waals surface area contributed by atoms with Crippen LogP contribution in [-0.2, 0) is 9.84 Å². The van der Waals surface area contributed by atoms with Crippen LogP contribution in [0.1, 0.15) is 37.4 Å². The molecule has 2 N–H and O–H groups in total. The minimum absolute atomic E-state index is 0.208. The van der Waals surface area contributed by atoms with Crippen LogP contribution in [0.15, 0.2) is 18.2 Å². The number of hydrogen-bond donors (Lipinski definition) is 2. The third kappa shape index (κ3) is 1.91. The van der Waals surface area contributed by atoms with Gasteiger partial charge in [-0.3, -0.25) is 4.90 Å². The number of aromatic hydroxyl groups is 1. The molecule has 4 heterocycles. The number of alkyl halides is 1. The van der Waals surface area contributed by atoms with Crippen molar-refractivity contribution < 1.29 is 5.11 Å². The summed E-state index contributed by atoms with van der Waals surface area (Å²) in [4.78, 5) is 6.54. The monoisotopic (exact) mass is 422 g/mol. The summed E-state index contributed by atoms with van der Waals surface area (Å²) in [5, 5.41) is 11.2. The zero-order valence-electron chi connectivity index (χ0n) is 13.5. The van der Waals surface area contributed by atoms with Crippen molar-refractivity contribution in [2.24, 2.45) is 11.8 Å². The Bertz CT molecular complexity index is 785. The fourth-order valence-corrected chi connectivity index (χ4v) is 7.69. The van der Waals surface area contributed by atoms with Gasteiger partial charge in [0.05, 0.1) is 3.42 Å². The highest BCUT2D eigenvalue weighted by molar-refractivity contribution is 14.1. The Labute approximate surface area is 150 Å². The third-order valence-corrected chi connectivity index (χ3v) is 8.12. The van der Waals surface area contributed by atoms with Gasteiger partial charge in [0, 0.05) is 35.7 Å². The average Bonchev–Trinajstić information content (AvgIpc) is 2.87. The second kappa shape index (κ2) is 4.88. The molecule has 1 aromatic carbocycles. The quantitative estimate of drug-likeness (QED) is 0.535. The maximum Gasteiger partial charge on any atom is 0.116 e. The summed E-state index contributed by atoms with van der Waals surface area (Å²) in [5.74, 6) is 2.04. The average molecular weight is 422 g/mol. The molecule has 1 aliphatic carbocycles. The highest BCUT2D eigenvalue weighted by atomic mass is 127. The molecule has 4 bridgehead atoms. The van der Waals surface area contributed by atoms with Gasteiger partial charge in [-0.05, 0) is 54.9 Å². The SMILES string of the molecule is CC[C@H]1CC2CN3CCc4c([nH]c5ccc(O)cc45)[C@@](I)(C2)C13. The summed E-state index contributed by atoms with van der Waals surface area (Å²) in [6.45, 7) is 4.82. The summed E-state index contributed by atoms with van der Waals surface area (Å²) in [6.07, 6.45) is 5.11. The lowest BCUT2D eigenvalue weighted by atomic mass is 9.65. The van der Waals surface area contributed by atoms with Crippen LogP contribution in [0.5, 0.6) is 5.75 Å². The van der Waals surface area contributed by atoms with Gasteiger partial charge in [-0.1, -0.05) is 35.9 Å². The Morgan fingerprint density at radius 1 is 1.43 bits per heavy atom. The van der Waals surface area contributed by atoms with Crippen LogP contribution in [0.2, 0.25) is 0 Å². The van der Waals surface area contributed by atoms with E-state index in [-0.39, 0.29) is 3.42 Å². The Balaban J connectivity index is 1.75. The molecule has 23 heavy (non-hydrogen) atoms. The molecule has 5 atom stereocenters. The predicted molar refractivity (Wildman–Crippen MR) is 101 cm³/mol. The van der Waals surface area contributed by atoms with Gasteiger partial charge >= 0.3 is 0 Å². The van der Waals surface area contributed by atoms with E-state index in [0.717, 1.165) is 24.8 Å². The number of piperidine rings is 2. The van der Waals surface area contributed by atoms with Crippen LogP contribution in [0.25, 0.3) is 10.9 Å². The van der Waals surface area contributed by atoms with E-state index in [9.17, 15) is 5.11 Å². The van der Waals surface area contributed by atoms with Gasteiger partial charge in [-0.25, -0.2) is 0 Å². The number of aromatic amines is 1. The molecule has 1 aromatic heterocycles. The number of aromatic nitrogens is 1. The zero-order valence-corrected chi connectivity index (χ0v) is 15.6. The largest absolute Gasteiger partial charge is 0.508 e. The number of nitrogens with zero attached hydrogens (tertiary/aromatic N) is 1. The van der Waals surface area contributed by atoms with E-state index in [2.05, 4.69) is 39.4 Å². The lowest BCUT2D eigenvalue weighted by Crippen LogP contribution is -2.62. The first-order valence-electron chi connectivity index (χ1n) is 8.87. The van der Waals surface area contributed by atoms with E-state index in [1.807, 2.05) is 12.1 Å². The molecule has 4 aliphatic rings. The van der Waals surface area contributed by atoms with Gasteiger partial charge in [0.2, 0.25) is 0 Å². The minimum Gasteiger partial charge on any atom is -0.508 e. The zero-order chi connectivity index (χ0) is 15.8. The summed E-state index contributed by atoms with van der Waals surface area (Å²) < 4.78 is 0.208. The van der Waals surface area contributed by atoms with Crippen LogP contribution in [0.3, 0.4) is 0 Å². The number of nitrogens with one attached hydrogen (secondary N) is 1. The van der Waals surface area contributed by atoms with Crippen LogP contribution < -0.4 is 0 Å². The Kier molecular flexibility index (Phi) is 3.09. The molecule has 2 saturated heterocycles. The van der Waals surface area contributed by atoms with Crippen molar-refractivity contribution in [2.45, 2.75) is 42.1 Å². The van der Waals surface area contributed by atoms with E-state index >= 15 is 0 Å². The van der Waals surface area contributed by atoms with Gasteiger partial charge in [0.1, 0.15) is 5.75 Å². The molecule has 6 rings (SSSR count). The van der Waals surface area contributed by atoms with Gasteiger partial charge < -0.3 is 10.1 Å². The Hall–Kier alpha value is -0.750. The molecule has 0 spiro atoms. The smallest absolute Gasteiger partial charge is 0.116 e. The van der Waals surface area contributed by atoms with Crippen molar-refractivity contribution in [3.05, 3.63) is 29.5 Å². The lowest BCUT2D eigenvalue weighted by Gasteiger charge is -2.57. The van der Waals surface area contributed by atoms with Gasteiger partial charge in [0.25, 0.3) is 0 Å². The first-order chi connectivity index (χ1) is 11.1. The van der Waals surface area contributed by atoms with E-state index in [0.29, 0.717) is 11.8 Å². The number of phenolic OH excluding ortho intramolecular Hbond substituents is 1. The number of phenols is 1. The summed E-state index contributed by atoms with van der Waals surface area (Å²) >= 11 is 2.78. The number of halogens is 1. The Morgan fingerprint density at radius 2 is 2.30 bits per heavy atom. The summed E-state index contributed by atoms with van der Waals surface area (Å²) in [6, 6.07) is 6.45. The number of rotatable bonds is 1. The van der Waals surface area contributed by atoms with Crippen molar-refractivity contribution in [1.29, 1.82) is 0 Å². The first-order valence-corrected chi connectivity index (χ1v) is 9.95. The molecular weight excluding hydrogens is 399 g/mol. The third-order valence-electron chi connectivity index (χ3n) is 6.50. The summed E-state index contributed by atoms with van der Waals surface area (Å²) in [5.41, 5.74) is 4.09. The van der Waals surface area contributed by atoms with Crippen LogP contribution >= 0.6 is 22.6 Å². The first kappa shape index (κ1) is 14.6. The molecular formula is C19H23IN2O. The number of H-pyrrole nitrogens is 1. The predicted octanol–water partition coefficient (Wildman–Crippen LogP) is 4.18. The van der Waals surface area contributed by atoms with Gasteiger partial charge in [-0.2, -0.15) is 0 Å². The number of hydrogen-bond acceptors (Lipinski definition) is 2. The van der Waals surface area contributed by atoms with Crippen molar-refractivity contribution in [1.82, 2.24) is 9.88 Å². The van der Waals surface area contributed by atoms with E-state index in [4.69, 9.17) is 0 Å². The molecule has 3 unspecified atom stereocenters. The standard InChI is InChI=1S/C19H23IN2O/c1-2-12-7-11-9-19(20)17-14(5-6-22(10-11)18(12)19)15-8-13(23)3-4-16(15)21-17/h3-4,8,11-12,18,21,23H,2,5-7,9-10H2,1H3/t11?,12-,18?,19-/m0/s1. The fraction of sp³-hybridized carbons (Fsp3) is 0.579. The highest BCUT2D eigenvalue weighted by Crippen LogP contribution is 2.58. The normalized spacial score (nSPS) is 38.5. The highest BCUT2D eigenvalue weighted by Gasteiger charge is 2.56. The Morgan fingerprint density at radius 3 is 3.13 bits per heavy atom. The molecule has 4 heteroatoms. The second-order valence-corrected chi connectivity index (χ2v) is 9.66. The molecule has 1 saturated carbocycles. The van der Waals surface area contributed by atoms with Crippen LogP contribution in [0, 0.1) is 11.8 Å². The molecule has 0 radical (unpaired) electrons. The molecule has 3 nitrogen and oxygen atoms in total. The molecule has 3 aliphatic heterocycles. The van der Waals surface area contributed by atoms with Crippen LogP contribution in [0.4, 0.5) is 0 Å². The molecule has 122 valence electrons. The van der Waals surface area contributed by atoms with Gasteiger partial charge in [-0.15, -0.1) is 0 Å². The van der Waals surface area contributed by atoms with Gasteiger partial charge in [0.15, 0.2) is 0 Å². The van der Waals surface area contributed by atoms with E-state index in [1.54, 1.807) is 6.07 Å². The number of fused-ring (bicyclic) bond motifs is 4. The maximum atomic E-state index is 9.93. The summed E-state index contributed by atoms with van der Waals surface area (Å²) in [7, 11) is 0. The molecule has 0 amide bonds. The van der Waals surface area contributed by atoms with Crippen molar-refractivity contribution in [3.63, 3.8) is 0 Å². The molecule has 2 aromatic rings. The minimum atomic E-state index is 0.208. The van der Waals surface area contributed by atoms with E-state index < -0.39 is 0 Å². The van der Waals surface area contributed by atoms with Crippen molar-refractivity contribution in [3.8, 4) is 5.75 Å². The van der Waals surface area contributed by atoms with Crippen LogP contribution in [-0.4, -0.2) is 34.1 Å².